The Bertz CT molecular complexity index is 647. The van der Waals surface area contributed by atoms with E-state index in [0.717, 1.165) is 12.8 Å². The largest absolute Gasteiger partial charge is 0.375 e. The highest BCUT2D eigenvalue weighted by Gasteiger charge is 2.28. The van der Waals surface area contributed by atoms with Crippen molar-refractivity contribution in [3.63, 3.8) is 0 Å². The highest BCUT2D eigenvalue weighted by atomic mass is 16.5. The monoisotopic (exact) mass is 314 g/mol. The van der Waals surface area contributed by atoms with Crippen molar-refractivity contribution in [3.05, 3.63) is 52.9 Å². The van der Waals surface area contributed by atoms with Crippen molar-refractivity contribution in [1.82, 2.24) is 10.1 Å². The molecule has 0 spiro atoms. The molecule has 1 aromatic carbocycles. The SMILES string of the molecule is Cc1noc(C)c1C(=O)N1CCO[C@H](CCc2ccccc2)C1. The Kier molecular flexibility index (Phi) is 4.76. The van der Waals surface area contributed by atoms with Gasteiger partial charge in [-0.05, 0) is 32.3 Å². The molecule has 0 unspecified atom stereocenters. The molecule has 5 nitrogen and oxygen atoms in total. The number of hydrogen-bond acceptors (Lipinski definition) is 4. The summed E-state index contributed by atoms with van der Waals surface area (Å²) in [7, 11) is 0. The van der Waals surface area contributed by atoms with Crippen LogP contribution in [-0.2, 0) is 11.2 Å². The van der Waals surface area contributed by atoms with E-state index in [-0.39, 0.29) is 12.0 Å². The molecule has 0 saturated carbocycles. The standard InChI is InChI=1S/C18H22N2O3/c1-13-17(14(2)23-19-13)18(21)20-10-11-22-16(12-20)9-8-15-6-4-3-5-7-15/h3-7,16H,8-12H2,1-2H3/t16-/m1/s1. The summed E-state index contributed by atoms with van der Waals surface area (Å²) in [5, 5.41) is 3.87. The average Bonchev–Trinajstić information content (AvgIpc) is 2.92. The van der Waals surface area contributed by atoms with Crippen molar-refractivity contribution >= 4 is 5.91 Å². The summed E-state index contributed by atoms with van der Waals surface area (Å²) >= 11 is 0. The lowest BCUT2D eigenvalue weighted by atomic mass is 10.1. The Morgan fingerprint density at radius 2 is 2.09 bits per heavy atom. The van der Waals surface area contributed by atoms with E-state index in [1.54, 1.807) is 13.8 Å². The molecule has 0 aliphatic carbocycles. The molecule has 1 aliphatic heterocycles. The number of morpholine rings is 1. The molecule has 2 heterocycles. The normalized spacial score (nSPS) is 18.2. The number of aryl methyl sites for hydroxylation is 3. The zero-order valence-corrected chi connectivity index (χ0v) is 13.6. The average molecular weight is 314 g/mol. The van der Waals surface area contributed by atoms with Crippen LogP contribution in [0.5, 0.6) is 0 Å². The fourth-order valence-electron chi connectivity index (χ4n) is 3.00. The molecule has 1 aliphatic rings. The number of benzene rings is 1. The Balaban J connectivity index is 1.61. The molecule has 1 fully saturated rings. The second-order valence-electron chi connectivity index (χ2n) is 5.97. The molecule has 1 saturated heterocycles. The van der Waals surface area contributed by atoms with Gasteiger partial charge in [0.05, 0.1) is 18.4 Å². The number of aromatic nitrogens is 1. The Morgan fingerprint density at radius 3 is 2.78 bits per heavy atom. The first kappa shape index (κ1) is 15.7. The predicted octanol–water partition coefficient (Wildman–Crippen LogP) is 2.77. The Hall–Kier alpha value is -2.14. The zero-order valence-electron chi connectivity index (χ0n) is 13.6. The summed E-state index contributed by atoms with van der Waals surface area (Å²) in [4.78, 5) is 14.5. The van der Waals surface area contributed by atoms with E-state index in [1.165, 1.54) is 5.56 Å². The minimum atomic E-state index is -0.00531. The molecule has 2 aromatic rings. The maximum atomic E-state index is 12.7. The van der Waals surface area contributed by atoms with Gasteiger partial charge in [-0.25, -0.2) is 0 Å². The molecule has 3 rings (SSSR count). The van der Waals surface area contributed by atoms with Crippen LogP contribution in [-0.4, -0.2) is 41.8 Å². The maximum Gasteiger partial charge on any atom is 0.259 e. The smallest absolute Gasteiger partial charge is 0.259 e. The summed E-state index contributed by atoms with van der Waals surface area (Å²) in [6.07, 6.45) is 1.95. The highest BCUT2D eigenvalue weighted by molar-refractivity contribution is 5.96. The number of rotatable bonds is 4. The van der Waals surface area contributed by atoms with Crippen LogP contribution in [0.15, 0.2) is 34.9 Å². The topological polar surface area (TPSA) is 55.6 Å². The van der Waals surface area contributed by atoms with Crippen LogP contribution >= 0.6 is 0 Å². The van der Waals surface area contributed by atoms with E-state index in [0.29, 0.717) is 36.7 Å². The number of carbonyl (C=O) groups excluding carboxylic acids is 1. The molecule has 23 heavy (non-hydrogen) atoms. The second-order valence-corrected chi connectivity index (χ2v) is 5.97. The van der Waals surface area contributed by atoms with Crippen LogP contribution < -0.4 is 0 Å². The summed E-state index contributed by atoms with van der Waals surface area (Å²) < 4.78 is 10.9. The van der Waals surface area contributed by atoms with Crippen molar-refractivity contribution in [2.45, 2.75) is 32.8 Å². The lowest BCUT2D eigenvalue weighted by Gasteiger charge is -2.33. The lowest BCUT2D eigenvalue weighted by molar-refractivity contribution is -0.0246. The van der Waals surface area contributed by atoms with Gasteiger partial charge in [-0.3, -0.25) is 4.79 Å². The van der Waals surface area contributed by atoms with Gasteiger partial charge in [0.1, 0.15) is 11.3 Å². The van der Waals surface area contributed by atoms with Gasteiger partial charge in [-0.1, -0.05) is 35.5 Å². The number of carbonyl (C=O) groups is 1. The highest BCUT2D eigenvalue weighted by Crippen LogP contribution is 2.19. The first-order chi connectivity index (χ1) is 11.1. The molecule has 0 bridgehead atoms. The minimum Gasteiger partial charge on any atom is -0.375 e. The number of amides is 1. The van der Waals surface area contributed by atoms with Crippen LogP contribution in [0.2, 0.25) is 0 Å². The molecular weight excluding hydrogens is 292 g/mol. The van der Waals surface area contributed by atoms with Crippen LogP contribution in [0, 0.1) is 13.8 Å². The van der Waals surface area contributed by atoms with Gasteiger partial charge in [-0.2, -0.15) is 0 Å². The fraction of sp³-hybridized carbons (Fsp3) is 0.444. The van der Waals surface area contributed by atoms with E-state index < -0.39 is 0 Å². The predicted molar refractivity (Wildman–Crippen MR) is 86.4 cm³/mol. The van der Waals surface area contributed by atoms with Gasteiger partial charge in [0, 0.05) is 13.1 Å². The van der Waals surface area contributed by atoms with Crippen molar-refractivity contribution < 1.29 is 14.1 Å². The molecule has 1 amide bonds. The first-order valence-corrected chi connectivity index (χ1v) is 8.03. The van der Waals surface area contributed by atoms with Crippen LogP contribution in [0.4, 0.5) is 0 Å². The summed E-state index contributed by atoms with van der Waals surface area (Å²) in [5.74, 6) is 0.578. The first-order valence-electron chi connectivity index (χ1n) is 8.03. The minimum absolute atomic E-state index is 0.00531. The molecule has 122 valence electrons. The van der Waals surface area contributed by atoms with E-state index in [2.05, 4.69) is 17.3 Å². The van der Waals surface area contributed by atoms with Crippen molar-refractivity contribution in [2.75, 3.05) is 19.7 Å². The summed E-state index contributed by atoms with van der Waals surface area (Å²) in [5.41, 5.74) is 2.54. The molecule has 0 N–H and O–H groups in total. The lowest BCUT2D eigenvalue weighted by Crippen LogP contribution is -2.46. The Morgan fingerprint density at radius 1 is 1.30 bits per heavy atom. The maximum absolute atomic E-state index is 12.7. The van der Waals surface area contributed by atoms with Crippen LogP contribution in [0.25, 0.3) is 0 Å². The third-order valence-corrected chi connectivity index (χ3v) is 4.27. The van der Waals surface area contributed by atoms with Gasteiger partial charge in [0.25, 0.3) is 5.91 Å². The quantitative estimate of drug-likeness (QED) is 0.871. The number of ether oxygens (including phenoxy) is 1. The third-order valence-electron chi connectivity index (χ3n) is 4.27. The van der Waals surface area contributed by atoms with Gasteiger partial charge in [0.15, 0.2) is 0 Å². The molecule has 5 heteroatoms. The third kappa shape index (κ3) is 3.62. The second kappa shape index (κ2) is 6.96. The van der Waals surface area contributed by atoms with Crippen LogP contribution in [0.1, 0.15) is 33.8 Å². The number of nitrogens with zero attached hydrogens (tertiary/aromatic N) is 2. The fourth-order valence-corrected chi connectivity index (χ4v) is 3.00. The number of hydrogen-bond donors (Lipinski definition) is 0. The van der Waals surface area contributed by atoms with Crippen molar-refractivity contribution in [1.29, 1.82) is 0 Å². The molecule has 1 atom stereocenters. The van der Waals surface area contributed by atoms with Crippen molar-refractivity contribution in [3.8, 4) is 0 Å². The van der Waals surface area contributed by atoms with E-state index in [4.69, 9.17) is 9.26 Å². The molecule has 0 radical (unpaired) electrons. The van der Waals surface area contributed by atoms with Gasteiger partial charge >= 0.3 is 0 Å². The summed E-state index contributed by atoms with van der Waals surface area (Å²) in [6.45, 7) is 5.40. The zero-order chi connectivity index (χ0) is 16.2. The van der Waals surface area contributed by atoms with Gasteiger partial charge < -0.3 is 14.2 Å². The van der Waals surface area contributed by atoms with E-state index >= 15 is 0 Å². The molecular formula is C18H22N2O3. The summed E-state index contributed by atoms with van der Waals surface area (Å²) in [6, 6.07) is 10.4. The van der Waals surface area contributed by atoms with Gasteiger partial charge in [-0.15, -0.1) is 0 Å². The van der Waals surface area contributed by atoms with Crippen molar-refractivity contribution in [2.24, 2.45) is 0 Å². The Labute approximate surface area is 136 Å². The van der Waals surface area contributed by atoms with Crippen LogP contribution in [0.3, 0.4) is 0 Å². The van der Waals surface area contributed by atoms with E-state index in [9.17, 15) is 4.79 Å². The van der Waals surface area contributed by atoms with Gasteiger partial charge in [0.2, 0.25) is 0 Å². The van der Waals surface area contributed by atoms with E-state index in [1.807, 2.05) is 23.1 Å². The molecule has 1 aromatic heterocycles.